The lowest BCUT2D eigenvalue weighted by Crippen LogP contribution is -2.50. The molecule has 268 valence electrons. The van der Waals surface area contributed by atoms with Gasteiger partial charge in [-0.3, -0.25) is 14.1 Å². The summed E-state index contributed by atoms with van der Waals surface area (Å²) in [4.78, 5) is 25.6. The van der Waals surface area contributed by atoms with E-state index >= 15 is 0 Å². The zero-order valence-corrected chi connectivity index (χ0v) is 31.2. The van der Waals surface area contributed by atoms with Gasteiger partial charge in [0.2, 0.25) is 11.8 Å². The van der Waals surface area contributed by atoms with E-state index < -0.39 is 21.4 Å². The number of unbranched alkanes of at least 4 members (excludes halogenated alkanes) is 17. The lowest BCUT2D eigenvalue weighted by atomic mass is 9.98. The average Bonchev–Trinajstić information content (AvgIpc) is 2.99. The largest absolute Gasteiger partial charge is 0.354 e. The molecule has 1 unspecified atom stereocenters. The highest BCUT2D eigenvalue weighted by molar-refractivity contribution is 7.86. The molecule has 0 aliphatic rings. The summed E-state index contributed by atoms with van der Waals surface area (Å²) in [5, 5.41) is 5.30. The summed E-state index contributed by atoms with van der Waals surface area (Å²) in [6.45, 7) is 10.1. The van der Waals surface area contributed by atoms with Gasteiger partial charge in [-0.1, -0.05) is 124 Å². The summed E-state index contributed by atoms with van der Waals surface area (Å²) in [6.07, 6.45) is 25.4. The first-order valence-electron chi connectivity index (χ1n) is 18.7. The molecule has 0 fully saturated rings. The number of hydrogen-bond donors (Lipinski definition) is 3. The summed E-state index contributed by atoms with van der Waals surface area (Å²) in [5.41, 5.74) is 0. The van der Waals surface area contributed by atoms with Gasteiger partial charge in [-0.05, 0) is 38.5 Å². The van der Waals surface area contributed by atoms with Crippen molar-refractivity contribution >= 4 is 21.9 Å². The summed E-state index contributed by atoms with van der Waals surface area (Å²) >= 11 is 0. The molecular formula is C36H74N3O5S+. The predicted molar refractivity (Wildman–Crippen MR) is 190 cm³/mol. The highest BCUT2D eigenvalue weighted by atomic mass is 32.2. The van der Waals surface area contributed by atoms with Crippen LogP contribution in [0.3, 0.4) is 0 Å². The number of carbonyl (C=O) groups excluding carboxylic acids is 2. The first kappa shape index (κ1) is 43.8. The molecule has 0 aromatic rings. The Morgan fingerprint density at radius 2 is 1.16 bits per heavy atom. The van der Waals surface area contributed by atoms with Crippen molar-refractivity contribution in [2.45, 2.75) is 180 Å². The smallest absolute Gasteiger partial charge is 0.267 e. The standard InChI is InChI=1S/C36H73N3O5S/c1-7-9-10-11-12-13-14-15-16-17-18-19-20-21-22-25-29-37-36(41)35(32(3)8-2)38-34(40)27-24-23-26-30-39(5,6)31-28-33(4)45(42,43)44/h32-33,35H,7-31H2,1-6H3,(H2-,37,38,40,41,42,43,44)/p+1/t32-,33?,35-/m0/s1. The second-order valence-corrected chi connectivity index (χ2v) is 16.2. The molecule has 8 nitrogen and oxygen atoms in total. The van der Waals surface area contributed by atoms with Crippen molar-refractivity contribution < 1.29 is 27.0 Å². The van der Waals surface area contributed by atoms with Crippen molar-refractivity contribution in [1.29, 1.82) is 0 Å². The zero-order chi connectivity index (χ0) is 34.0. The van der Waals surface area contributed by atoms with Gasteiger partial charge >= 0.3 is 0 Å². The van der Waals surface area contributed by atoms with Gasteiger partial charge in [0.05, 0.1) is 32.4 Å². The molecule has 0 heterocycles. The molecule has 0 rings (SSSR count). The van der Waals surface area contributed by atoms with Crippen LogP contribution in [-0.4, -0.2) is 74.3 Å². The molecule has 0 aliphatic heterocycles. The normalized spacial score (nSPS) is 14.2. The van der Waals surface area contributed by atoms with E-state index in [0.717, 1.165) is 45.1 Å². The second-order valence-electron chi connectivity index (χ2n) is 14.3. The fraction of sp³-hybridized carbons (Fsp3) is 0.944. The molecule has 0 radical (unpaired) electrons. The van der Waals surface area contributed by atoms with Gasteiger partial charge in [0.25, 0.3) is 10.1 Å². The molecule has 0 aromatic carbocycles. The Labute approximate surface area is 279 Å². The summed E-state index contributed by atoms with van der Waals surface area (Å²) < 4.78 is 32.3. The molecule has 3 atom stereocenters. The van der Waals surface area contributed by atoms with Crippen LogP contribution in [-0.2, 0) is 19.7 Å². The van der Waals surface area contributed by atoms with Gasteiger partial charge in [-0.2, -0.15) is 8.42 Å². The Hall–Kier alpha value is -1.19. The van der Waals surface area contributed by atoms with Crippen molar-refractivity contribution in [3.63, 3.8) is 0 Å². The van der Waals surface area contributed by atoms with Crippen LogP contribution in [0.5, 0.6) is 0 Å². The first-order valence-corrected chi connectivity index (χ1v) is 20.2. The van der Waals surface area contributed by atoms with Crippen molar-refractivity contribution in [3.05, 3.63) is 0 Å². The Balaban J connectivity index is 4.00. The number of rotatable bonds is 31. The maximum atomic E-state index is 12.9. The Morgan fingerprint density at radius 1 is 0.689 bits per heavy atom. The van der Waals surface area contributed by atoms with Gasteiger partial charge in [-0.15, -0.1) is 0 Å². The summed E-state index contributed by atoms with van der Waals surface area (Å²) in [5.74, 6) is -0.0756. The van der Waals surface area contributed by atoms with E-state index in [1.54, 1.807) is 0 Å². The molecule has 0 saturated carbocycles. The second kappa shape index (κ2) is 26.8. The van der Waals surface area contributed by atoms with E-state index in [4.69, 9.17) is 0 Å². The lowest BCUT2D eigenvalue weighted by molar-refractivity contribution is -0.890. The fourth-order valence-corrected chi connectivity index (χ4v) is 6.14. The molecule has 45 heavy (non-hydrogen) atoms. The molecule has 0 bridgehead atoms. The van der Waals surface area contributed by atoms with Gasteiger partial charge in [-0.25, -0.2) is 0 Å². The first-order chi connectivity index (χ1) is 21.3. The lowest BCUT2D eigenvalue weighted by Gasteiger charge is -2.30. The third-order valence-electron chi connectivity index (χ3n) is 9.46. The van der Waals surface area contributed by atoms with Crippen LogP contribution in [0.4, 0.5) is 0 Å². The Kier molecular flexibility index (Phi) is 26.1. The highest BCUT2D eigenvalue weighted by Gasteiger charge is 2.26. The maximum absolute atomic E-state index is 12.9. The van der Waals surface area contributed by atoms with Crippen LogP contribution < -0.4 is 10.6 Å². The maximum Gasteiger partial charge on any atom is 0.267 e. The molecule has 2 amide bonds. The van der Waals surface area contributed by atoms with Crippen LogP contribution >= 0.6 is 0 Å². The van der Waals surface area contributed by atoms with E-state index in [9.17, 15) is 22.6 Å². The predicted octanol–water partition coefficient (Wildman–Crippen LogP) is 8.20. The minimum atomic E-state index is -3.99. The van der Waals surface area contributed by atoms with Gasteiger partial charge in [0.1, 0.15) is 6.04 Å². The van der Waals surface area contributed by atoms with Crippen LogP contribution in [0.15, 0.2) is 0 Å². The summed E-state index contributed by atoms with van der Waals surface area (Å²) in [7, 11) is 0.119. The van der Waals surface area contributed by atoms with E-state index in [1.807, 2.05) is 13.8 Å². The molecule has 0 spiro atoms. The van der Waals surface area contributed by atoms with E-state index in [-0.39, 0.29) is 17.7 Å². The van der Waals surface area contributed by atoms with Gasteiger partial charge in [0.15, 0.2) is 0 Å². The average molecular weight is 661 g/mol. The highest BCUT2D eigenvalue weighted by Crippen LogP contribution is 2.15. The van der Waals surface area contributed by atoms with E-state index in [1.165, 1.54) is 96.8 Å². The van der Waals surface area contributed by atoms with Crippen LogP contribution in [0, 0.1) is 5.92 Å². The topological polar surface area (TPSA) is 113 Å². The van der Waals surface area contributed by atoms with Gasteiger partial charge < -0.3 is 15.1 Å². The van der Waals surface area contributed by atoms with E-state index in [0.29, 0.717) is 30.4 Å². The van der Waals surface area contributed by atoms with Crippen LogP contribution in [0.1, 0.15) is 169 Å². The summed E-state index contributed by atoms with van der Waals surface area (Å²) in [6, 6.07) is -0.496. The number of hydrogen-bond acceptors (Lipinski definition) is 4. The Morgan fingerprint density at radius 3 is 1.62 bits per heavy atom. The number of carbonyl (C=O) groups is 2. The number of amides is 2. The third kappa shape index (κ3) is 25.6. The van der Waals surface area contributed by atoms with Crippen LogP contribution in [0.2, 0.25) is 0 Å². The molecule has 3 N–H and O–H groups in total. The van der Waals surface area contributed by atoms with Crippen molar-refractivity contribution in [2.75, 3.05) is 33.7 Å². The number of nitrogens with one attached hydrogen (secondary N) is 2. The minimum absolute atomic E-state index is 0.0722. The van der Waals surface area contributed by atoms with E-state index in [2.05, 4.69) is 31.7 Å². The van der Waals surface area contributed by atoms with Crippen LogP contribution in [0.25, 0.3) is 0 Å². The monoisotopic (exact) mass is 661 g/mol. The van der Waals surface area contributed by atoms with Crippen molar-refractivity contribution in [3.8, 4) is 0 Å². The number of quaternary nitrogens is 1. The molecule has 9 heteroatoms. The zero-order valence-electron chi connectivity index (χ0n) is 30.3. The minimum Gasteiger partial charge on any atom is -0.354 e. The molecule has 0 aromatic heterocycles. The fourth-order valence-electron chi connectivity index (χ4n) is 5.74. The number of nitrogens with zero attached hydrogens (tertiary/aromatic N) is 1. The molecule has 0 aliphatic carbocycles. The van der Waals surface area contributed by atoms with Gasteiger partial charge in [0, 0.05) is 19.4 Å². The third-order valence-corrected chi connectivity index (χ3v) is 10.7. The Bertz CT molecular complexity index is 850. The molecule has 0 saturated heterocycles. The SMILES string of the molecule is CCCCCCCCCCCCCCCCCCNC(=O)[C@@H](NC(=O)CCCCC[N+](C)(C)CCC(C)S(=O)(=O)O)[C@@H](C)CC. The van der Waals surface area contributed by atoms with Crippen molar-refractivity contribution in [2.24, 2.45) is 5.92 Å². The van der Waals surface area contributed by atoms with Crippen molar-refractivity contribution in [1.82, 2.24) is 10.6 Å². The quantitative estimate of drug-likeness (QED) is 0.0394. The molecular weight excluding hydrogens is 586 g/mol.